The monoisotopic (exact) mass is 372 g/mol. The fourth-order valence-electron chi connectivity index (χ4n) is 3.18. The number of hydrogen-bond donors (Lipinski definition) is 0. The Bertz CT molecular complexity index is 893. The molecule has 2 aromatic heterocycles. The molecule has 7 nitrogen and oxygen atoms in total. The standard InChI is InChI=1S/C18H17ClN4O3/c19-15-11-13(25-21-15)8-9-16(24)23-10-4-7-14(23)18-20-17(22-26-18)12-5-2-1-3-6-12/h1-3,5-6,11,14H,4,7-10H2. The Labute approximate surface area is 154 Å². The van der Waals surface area contributed by atoms with Crippen molar-refractivity contribution in [2.75, 3.05) is 6.54 Å². The second kappa shape index (κ2) is 7.29. The van der Waals surface area contributed by atoms with Gasteiger partial charge in [-0.1, -0.05) is 52.2 Å². The third-order valence-electron chi connectivity index (χ3n) is 4.45. The molecule has 1 atom stereocenters. The van der Waals surface area contributed by atoms with E-state index in [1.54, 1.807) is 11.0 Å². The zero-order valence-corrected chi connectivity index (χ0v) is 14.7. The Kier molecular flexibility index (Phi) is 4.71. The predicted molar refractivity (Wildman–Crippen MR) is 93.3 cm³/mol. The second-order valence-corrected chi connectivity index (χ2v) is 6.57. The molecule has 1 aromatic carbocycles. The molecule has 1 amide bonds. The molecule has 1 fully saturated rings. The number of aryl methyl sites for hydroxylation is 1. The van der Waals surface area contributed by atoms with Crippen molar-refractivity contribution < 1.29 is 13.8 Å². The van der Waals surface area contributed by atoms with Crippen LogP contribution in [0.3, 0.4) is 0 Å². The van der Waals surface area contributed by atoms with E-state index in [0.29, 0.717) is 42.0 Å². The average molecular weight is 373 g/mol. The van der Waals surface area contributed by atoms with Crippen molar-refractivity contribution >= 4 is 17.5 Å². The maximum atomic E-state index is 12.6. The highest BCUT2D eigenvalue weighted by atomic mass is 35.5. The van der Waals surface area contributed by atoms with Crippen LogP contribution in [0.25, 0.3) is 11.4 Å². The summed E-state index contributed by atoms with van der Waals surface area (Å²) in [6, 6.07) is 11.1. The van der Waals surface area contributed by atoms with Crippen LogP contribution in [-0.2, 0) is 11.2 Å². The maximum Gasteiger partial charge on any atom is 0.249 e. The second-order valence-electron chi connectivity index (χ2n) is 6.18. The van der Waals surface area contributed by atoms with E-state index < -0.39 is 0 Å². The first-order chi connectivity index (χ1) is 12.7. The number of amides is 1. The van der Waals surface area contributed by atoms with Crippen LogP contribution in [0.1, 0.15) is 37.0 Å². The van der Waals surface area contributed by atoms with Crippen LogP contribution in [0.2, 0.25) is 5.15 Å². The minimum Gasteiger partial charge on any atom is -0.360 e. The fraction of sp³-hybridized carbons (Fsp3) is 0.333. The van der Waals surface area contributed by atoms with Crippen molar-refractivity contribution in [3.63, 3.8) is 0 Å². The van der Waals surface area contributed by atoms with Crippen molar-refractivity contribution in [3.05, 3.63) is 53.2 Å². The topological polar surface area (TPSA) is 85.3 Å². The van der Waals surface area contributed by atoms with E-state index in [0.717, 1.165) is 18.4 Å². The molecule has 0 N–H and O–H groups in total. The molecule has 8 heteroatoms. The summed E-state index contributed by atoms with van der Waals surface area (Å²) < 4.78 is 10.5. The molecule has 3 aromatic rings. The van der Waals surface area contributed by atoms with Gasteiger partial charge in [0.1, 0.15) is 11.8 Å². The first-order valence-corrected chi connectivity index (χ1v) is 8.88. The summed E-state index contributed by atoms with van der Waals surface area (Å²) in [6.07, 6.45) is 2.51. The Morgan fingerprint density at radius 1 is 1.23 bits per heavy atom. The van der Waals surface area contributed by atoms with E-state index in [1.165, 1.54) is 0 Å². The highest BCUT2D eigenvalue weighted by Gasteiger charge is 2.33. The number of hydrogen-bond acceptors (Lipinski definition) is 6. The molecule has 0 saturated carbocycles. The van der Waals surface area contributed by atoms with Gasteiger partial charge in [0.15, 0.2) is 5.15 Å². The number of carbonyl (C=O) groups is 1. The number of benzene rings is 1. The summed E-state index contributed by atoms with van der Waals surface area (Å²) in [4.78, 5) is 18.9. The molecule has 0 spiro atoms. The molecule has 1 aliphatic rings. The molecule has 0 bridgehead atoms. The van der Waals surface area contributed by atoms with Crippen LogP contribution in [-0.4, -0.2) is 32.6 Å². The SMILES string of the molecule is O=C(CCc1cc(Cl)no1)N1CCCC1c1nc(-c2ccccc2)no1. The van der Waals surface area contributed by atoms with Crippen LogP contribution in [0.4, 0.5) is 0 Å². The van der Waals surface area contributed by atoms with Gasteiger partial charge >= 0.3 is 0 Å². The Morgan fingerprint density at radius 3 is 2.85 bits per heavy atom. The maximum absolute atomic E-state index is 12.6. The molecule has 1 aliphatic heterocycles. The quantitative estimate of drug-likeness (QED) is 0.679. The molecule has 1 unspecified atom stereocenters. The van der Waals surface area contributed by atoms with Gasteiger partial charge in [-0.25, -0.2) is 0 Å². The highest BCUT2D eigenvalue weighted by Crippen LogP contribution is 2.32. The lowest BCUT2D eigenvalue weighted by atomic mass is 10.2. The first-order valence-electron chi connectivity index (χ1n) is 8.50. The smallest absolute Gasteiger partial charge is 0.249 e. The van der Waals surface area contributed by atoms with Gasteiger partial charge in [0.25, 0.3) is 0 Å². The van der Waals surface area contributed by atoms with Crippen molar-refractivity contribution in [2.24, 2.45) is 0 Å². The van der Waals surface area contributed by atoms with Gasteiger partial charge in [-0.2, -0.15) is 4.98 Å². The molecular weight excluding hydrogens is 356 g/mol. The number of carbonyl (C=O) groups excluding carboxylic acids is 1. The Hall–Kier alpha value is -2.67. The third-order valence-corrected chi connectivity index (χ3v) is 4.63. The first kappa shape index (κ1) is 16.8. The molecule has 26 heavy (non-hydrogen) atoms. The fourth-order valence-corrected chi connectivity index (χ4v) is 3.33. The van der Waals surface area contributed by atoms with Gasteiger partial charge in [0, 0.05) is 31.0 Å². The summed E-state index contributed by atoms with van der Waals surface area (Å²) in [6.45, 7) is 0.684. The molecular formula is C18H17ClN4O3. The number of halogens is 1. The van der Waals surface area contributed by atoms with Crippen molar-refractivity contribution in [2.45, 2.75) is 31.7 Å². The van der Waals surface area contributed by atoms with Gasteiger partial charge in [-0.15, -0.1) is 0 Å². The van der Waals surface area contributed by atoms with Gasteiger partial charge in [-0.3, -0.25) is 4.79 Å². The summed E-state index contributed by atoms with van der Waals surface area (Å²) in [5, 5.41) is 7.97. The zero-order chi connectivity index (χ0) is 17.9. The van der Waals surface area contributed by atoms with Crippen LogP contribution in [0, 0.1) is 0 Å². The predicted octanol–water partition coefficient (Wildman–Crippen LogP) is 3.67. The average Bonchev–Trinajstić information content (AvgIpc) is 3.40. The molecule has 0 radical (unpaired) electrons. The van der Waals surface area contributed by atoms with Gasteiger partial charge in [-0.05, 0) is 12.8 Å². The largest absolute Gasteiger partial charge is 0.360 e. The number of nitrogens with zero attached hydrogens (tertiary/aromatic N) is 4. The summed E-state index contributed by atoms with van der Waals surface area (Å²) in [7, 11) is 0. The zero-order valence-electron chi connectivity index (χ0n) is 14.0. The van der Waals surface area contributed by atoms with Crippen molar-refractivity contribution in [3.8, 4) is 11.4 Å². The van der Waals surface area contributed by atoms with E-state index >= 15 is 0 Å². The van der Waals surface area contributed by atoms with Crippen LogP contribution < -0.4 is 0 Å². The van der Waals surface area contributed by atoms with Crippen LogP contribution >= 0.6 is 11.6 Å². The van der Waals surface area contributed by atoms with Crippen LogP contribution in [0.15, 0.2) is 45.4 Å². The van der Waals surface area contributed by atoms with Crippen molar-refractivity contribution in [1.29, 1.82) is 0 Å². The Balaban J connectivity index is 1.44. The lowest BCUT2D eigenvalue weighted by Crippen LogP contribution is -2.30. The summed E-state index contributed by atoms with van der Waals surface area (Å²) >= 11 is 5.73. The van der Waals surface area contributed by atoms with E-state index in [4.69, 9.17) is 20.6 Å². The molecule has 0 aliphatic carbocycles. The minimum absolute atomic E-state index is 0.0273. The number of rotatable bonds is 5. The van der Waals surface area contributed by atoms with Crippen LogP contribution in [0.5, 0.6) is 0 Å². The lowest BCUT2D eigenvalue weighted by molar-refractivity contribution is -0.132. The summed E-state index contributed by atoms with van der Waals surface area (Å²) in [5.41, 5.74) is 0.889. The molecule has 134 valence electrons. The summed E-state index contributed by atoms with van der Waals surface area (Å²) in [5.74, 6) is 1.65. The van der Waals surface area contributed by atoms with E-state index in [2.05, 4.69) is 15.3 Å². The van der Waals surface area contributed by atoms with Gasteiger partial charge < -0.3 is 13.9 Å². The van der Waals surface area contributed by atoms with E-state index in [9.17, 15) is 4.79 Å². The van der Waals surface area contributed by atoms with E-state index in [1.807, 2.05) is 30.3 Å². The molecule has 4 rings (SSSR count). The lowest BCUT2D eigenvalue weighted by Gasteiger charge is -2.21. The number of likely N-dealkylation sites (tertiary alicyclic amines) is 1. The van der Waals surface area contributed by atoms with E-state index in [-0.39, 0.29) is 11.9 Å². The third kappa shape index (κ3) is 3.48. The highest BCUT2D eigenvalue weighted by molar-refractivity contribution is 6.29. The number of aromatic nitrogens is 3. The molecule has 3 heterocycles. The van der Waals surface area contributed by atoms with Crippen molar-refractivity contribution in [1.82, 2.24) is 20.2 Å². The van der Waals surface area contributed by atoms with Gasteiger partial charge in [0.05, 0.1) is 0 Å². The Morgan fingerprint density at radius 2 is 2.08 bits per heavy atom. The normalized spacial score (nSPS) is 17.0. The minimum atomic E-state index is -0.175. The molecule has 1 saturated heterocycles. The van der Waals surface area contributed by atoms with Gasteiger partial charge in [0.2, 0.25) is 17.6 Å².